The molecule has 6 unspecified atom stereocenters. The van der Waals surface area contributed by atoms with Crippen LogP contribution in [0.4, 0.5) is 0 Å². The molecule has 0 aliphatic carbocycles. The summed E-state index contributed by atoms with van der Waals surface area (Å²) in [6.07, 6.45) is 8.61. The minimum Gasteiger partial charge on any atom is -0.793 e. The van der Waals surface area contributed by atoms with Crippen molar-refractivity contribution in [2.45, 2.75) is 162 Å². The van der Waals surface area contributed by atoms with Gasteiger partial charge in [0.1, 0.15) is 0 Å². The predicted molar refractivity (Wildman–Crippen MR) is 217 cm³/mol. The first-order valence-electron chi connectivity index (χ1n) is 17.6. The number of hydrogen-bond donors (Lipinski definition) is 0. The fourth-order valence-electron chi connectivity index (χ4n) is 6.13. The number of hydrogen-bond acceptors (Lipinski definition) is 8. The van der Waals surface area contributed by atoms with Crippen LogP contribution in [0.5, 0.6) is 0 Å². The van der Waals surface area contributed by atoms with Crippen LogP contribution >= 0.6 is 34.2 Å². The van der Waals surface area contributed by atoms with Crippen molar-refractivity contribution in [2.75, 3.05) is 24.7 Å². The van der Waals surface area contributed by atoms with Crippen LogP contribution < -0.4 is 9.79 Å². The second-order valence-corrected chi connectivity index (χ2v) is 31.2. The van der Waals surface area contributed by atoms with E-state index < -0.39 is 11.4 Å². The van der Waals surface area contributed by atoms with Gasteiger partial charge in [-0.05, 0) is 108 Å². The van der Waals surface area contributed by atoms with E-state index in [0.29, 0.717) is 58.5 Å². The average Bonchev–Trinajstić information content (AvgIpc) is 2.73. The quantitative estimate of drug-likeness (QED) is 0.0888. The Hall–Kier alpha value is 2.46. The molecule has 0 rings (SSSR count). The van der Waals surface area contributed by atoms with Gasteiger partial charge in [-0.1, -0.05) is 134 Å². The van der Waals surface area contributed by atoms with Gasteiger partial charge in [-0.25, -0.2) is 0 Å². The smallest absolute Gasteiger partial charge is 0.793 e. The maximum Gasteiger partial charge on any atom is 2.00 e. The maximum atomic E-state index is 12.3. The van der Waals surface area contributed by atoms with Gasteiger partial charge in [-0.3, -0.25) is 0 Å². The summed E-state index contributed by atoms with van der Waals surface area (Å²) in [5.74, 6) is 4.06. The van der Waals surface area contributed by atoms with Gasteiger partial charge in [-0.2, -0.15) is 0 Å². The van der Waals surface area contributed by atoms with Gasteiger partial charge in [0.15, 0.2) is 0 Å². The number of rotatable bonds is 20. The zero-order chi connectivity index (χ0) is 36.6. The summed E-state index contributed by atoms with van der Waals surface area (Å²) in [6, 6.07) is 0. The first-order chi connectivity index (χ1) is 20.4. The van der Waals surface area contributed by atoms with Gasteiger partial charge in [0.25, 0.3) is 0 Å². The molecule has 0 heterocycles. The van der Waals surface area contributed by atoms with E-state index in [1.165, 1.54) is 35.6 Å². The van der Waals surface area contributed by atoms with Crippen LogP contribution in [-0.4, -0.2) is 24.7 Å². The maximum absolute atomic E-state index is 12.3. The fraction of sp³-hybridized carbons (Fsp3) is 1.00. The Morgan fingerprint density at radius 1 is 0.489 bits per heavy atom. The summed E-state index contributed by atoms with van der Waals surface area (Å²) >= 11 is 13.0. The second kappa shape index (κ2) is 24.7. The molecule has 0 aliphatic rings. The van der Waals surface area contributed by atoms with Gasteiger partial charge in [0.2, 0.25) is 0 Å². The van der Waals surface area contributed by atoms with Gasteiger partial charge in [0, 0.05) is 11.4 Å². The third-order valence-corrected chi connectivity index (χ3v) is 15.9. The van der Waals surface area contributed by atoms with Crippen molar-refractivity contribution in [1.29, 1.82) is 0 Å². The molecule has 0 aromatic rings. The zero-order valence-electron chi connectivity index (χ0n) is 33.7. The van der Waals surface area contributed by atoms with Crippen LogP contribution in [0.2, 0.25) is 0 Å². The van der Waals surface area contributed by atoms with E-state index in [0.717, 1.165) is 50.0 Å². The molecule has 0 aromatic carbocycles. The summed E-state index contributed by atoms with van der Waals surface area (Å²) in [5.41, 5.74) is -4.46. The van der Waals surface area contributed by atoms with E-state index in [-0.39, 0.29) is 19.5 Å². The van der Waals surface area contributed by atoms with Crippen LogP contribution in [0.15, 0.2) is 0 Å². The molecule has 11 heteroatoms. The molecule has 0 amide bonds. The van der Waals surface area contributed by atoms with Crippen molar-refractivity contribution in [3.05, 3.63) is 0 Å². The molecule has 4 nitrogen and oxygen atoms in total. The summed E-state index contributed by atoms with van der Waals surface area (Å²) in [6.45, 7) is 37.0. The van der Waals surface area contributed by atoms with E-state index in [1.54, 1.807) is 0 Å². The predicted octanol–water partition coefficient (Wildman–Crippen LogP) is 12.5. The molecular weight excluding hydrogens is 752 g/mol. The molecule has 0 saturated carbocycles. The average molecular weight is 829 g/mol. The minimum absolute atomic E-state index is 0. The second-order valence-electron chi connectivity index (χ2n) is 18.9. The Morgan fingerprint density at radius 2 is 0.702 bits per heavy atom. The van der Waals surface area contributed by atoms with Crippen LogP contribution in [0.25, 0.3) is 0 Å². The third-order valence-electron chi connectivity index (χ3n) is 7.28. The first-order valence-corrected chi connectivity index (χ1v) is 26.1. The van der Waals surface area contributed by atoms with Gasteiger partial charge in [-0.15, -0.1) is 22.8 Å². The summed E-state index contributed by atoms with van der Waals surface area (Å²) in [5, 5.41) is 0. The molecular formula is C36H76O4P2S4Zn. The standard InChI is InChI=1S/2C18H39O2PS2.Zn/c2*1-15(13-17(3,4)5)9-11-20-21(19,22)23-12-10-16(2)14-18(6,7)8;/h2*15-16H,9-14H2,1-8H3,(H,19,22);/q;;+2/p-2. The van der Waals surface area contributed by atoms with Crippen molar-refractivity contribution in [3.8, 4) is 0 Å². The van der Waals surface area contributed by atoms with E-state index >= 15 is 0 Å². The molecule has 6 atom stereocenters. The zero-order valence-corrected chi connectivity index (χ0v) is 41.7. The Labute approximate surface area is 326 Å². The summed E-state index contributed by atoms with van der Waals surface area (Å²) < 4.78 is 11.1. The van der Waals surface area contributed by atoms with Crippen molar-refractivity contribution < 1.29 is 38.3 Å². The Balaban J connectivity index is -0.000000807. The SMILES string of the molecule is CC(CCOP([O-])(=S)SCCC(C)CC(C)(C)C)CC(C)(C)C.CC(CCOP([O-])(=S)SCCC(C)CC(C)(C)C)CC(C)(C)C.[Zn+2]. The Morgan fingerprint density at radius 3 is 0.915 bits per heavy atom. The van der Waals surface area contributed by atoms with Crippen molar-refractivity contribution >= 4 is 57.8 Å². The van der Waals surface area contributed by atoms with E-state index in [9.17, 15) is 9.79 Å². The van der Waals surface area contributed by atoms with E-state index in [1.807, 2.05) is 0 Å². The van der Waals surface area contributed by atoms with Crippen molar-refractivity contribution in [1.82, 2.24) is 0 Å². The monoisotopic (exact) mass is 826 g/mol. The van der Waals surface area contributed by atoms with Gasteiger partial charge < -0.3 is 18.8 Å². The molecule has 0 aliphatic heterocycles. The van der Waals surface area contributed by atoms with Crippen molar-refractivity contribution in [2.24, 2.45) is 45.3 Å². The molecule has 47 heavy (non-hydrogen) atoms. The molecule has 0 aromatic heterocycles. The van der Waals surface area contributed by atoms with E-state index in [4.69, 9.17) is 32.7 Å². The minimum atomic E-state index is -2.91. The molecule has 0 radical (unpaired) electrons. The summed E-state index contributed by atoms with van der Waals surface area (Å²) in [4.78, 5) is 24.6. The van der Waals surface area contributed by atoms with Gasteiger partial charge in [0.05, 0.1) is 13.2 Å². The Bertz CT molecular complexity index is 759. The molecule has 0 N–H and O–H groups in total. The Kier molecular flexibility index (Phi) is 28.3. The molecule has 0 saturated heterocycles. The molecule has 0 spiro atoms. The van der Waals surface area contributed by atoms with Crippen LogP contribution in [-0.2, 0) is 52.1 Å². The first kappa shape index (κ1) is 53.8. The topological polar surface area (TPSA) is 64.6 Å². The largest absolute Gasteiger partial charge is 2.00 e. The summed E-state index contributed by atoms with van der Waals surface area (Å²) in [7, 11) is 0. The van der Waals surface area contributed by atoms with E-state index in [2.05, 4.69) is 111 Å². The third kappa shape index (κ3) is 41.1. The van der Waals surface area contributed by atoms with Gasteiger partial charge >= 0.3 is 19.5 Å². The fourth-order valence-corrected chi connectivity index (χ4v) is 13.1. The van der Waals surface area contributed by atoms with Crippen molar-refractivity contribution in [3.63, 3.8) is 0 Å². The molecule has 280 valence electrons. The molecule has 0 bridgehead atoms. The van der Waals surface area contributed by atoms with Crippen LogP contribution in [0.1, 0.15) is 162 Å². The van der Waals surface area contributed by atoms with Crippen LogP contribution in [0.3, 0.4) is 0 Å². The van der Waals surface area contributed by atoms with Crippen LogP contribution in [0, 0.1) is 45.3 Å². The molecule has 0 fully saturated rings. The normalized spacial score (nSPS) is 18.1.